The van der Waals surface area contributed by atoms with Gasteiger partial charge in [0.1, 0.15) is 5.75 Å². The Labute approximate surface area is 141 Å². The highest BCUT2D eigenvalue weighted by molar-refractivity contribution is 5.28. The Morgan fingerprint density at radius 2 is 1.76 bits per heavy atom. The summed E-state index contributed by atoms with van der Waals surface area (Å²) in [6.45, 7) is -0.606. The average molecular weight is 371 g/mol. The highest BCUT2D eigenvalue weighted by Crippen LogP contribution is 2.29. The maximum atomic E-state index is 12.7. The molecule has 142 valence electrons. The quantitative estimate of drug-likeness (QED) is 0.759. The number of aliphatic hydroxyl groups excluding tert-OH is 1. The van der Waals surface area contributed by atoms with Crippen molar-refractivity contribution in [3.05, 3.63) is 29.8 Å². The van der Waals surface area contributed by atoms with Gasteiger partial charge in [0, 0.05) is 19.1 Å². The van der Waals surface area contributed by atoms with Gasteiger partial charge in [-0.15, -0.1) is 13.2 Å². The van der Waals surface area contributed by atoms with Crippen molar-refractivity contribution in [3.63, 3.8) is 0 Å². The van der Waals surface area contributed by atoms with E-state index in [1.54, 1.807) is 0 Å². The number of aliphatic hydroxyl groups is 1. The summed E-state index contributed by atoms with van der Waals surface area (Å²) in [5.41, 5.74) is 0.392. The number of nitrogens with zero attached hydrogens (tertiary/aromatic N) is 1. The van der Waals surface area contributed by atoms with Crippen LogP contribution in [0.2, 0.25) is 0 Å². The second-order valence-electron chi connectivity index (χ2n) is 6.12. The summed E-state index contributed by atoms with van der Waals surface area (Å²) in [6, 6.07) is 5.01. The molecular weight excluding hydrogens is 352 g/mol. The molecule has 1 aromatic carbocycles. The lowest BCUT2D eigenvalue weighted by Gasteiger charge is -2.31. The lowest BCUT2D eigenvalue weighted by atomic mass is 10.1. The van der Waals surface area contributed by atoms with Crippen LogP contribution in [0.15, 0.2) is 24.3 Å². The summed E-state index contributed by atoms with van der Waals surface area (Å²) in [6.07, 6.45) is -8.93. The lowest BCUT2D eigenvalue weighted by Crippen LogP contribution is -2.44. The zero-order valence-electron chi connectivity index (χ0n) is 13.3. The molecule has 3 nitrogen and oxygen atoms in total. The number of rotatable bonds is 6. The van der Waals surface area contributed by atoms with Crippen LogP contribution in [0.1, 0.15) is 31.2 Å². The number of hydrogen-bond donors (Lipinski definition) is 1. The third-order valence-corrected chi connectivity index (χ3v) is 4.14. The standard InChI is InChI=1S/C16H19F6NO2/c17-15(18,19)14(24)10-23(12-5-1-2-6-12)9-11-4-3-7-13(8-11)25-16(20,21)22/h3-4,7-8,12,14,24H,1-2,5-6,9-10H2. The molecule has 0 saturated heterocycles. The molecule has 1 atom stereocenters. The maximum Gasteiger partial charge on any atom is 0.573 e. The molecule has 1 saturated carbocycles. The molecule has 0 aromatic heterocycles. The number of ether oxygens (including phenoxy) is 1. The van der Waals surface area contributed by atoms with Crippen LogP contribution in [0.4, 0.5) is 26.3 Å². The van der Waals surface area contributed by atoms with Crippen LogP contribution < -0.4 is 4.74 Å². The molecule has 0 spiro atoms. The highest BCUT2D eigenvalue weighted by Gasteiger charge is 2.40. The van der Waals surface area contributed by atoms with E-state index in [-0.39, 0.29) is 12.6 Å². The predicted molar refractivity (Wildman–Crippen MR) is 77.9 cm³/mol. The molecule has 0 bridgehead atoms. The monoisotopic (exact) mass is 371 g/mol. The zero-order chi connectivity index (χ0) is 18.7. The second kappa shape index (κ2) is 7.82. The minimum Gasteiger partial charge on any atom is -0.406 e. The minimum absolute atomic E-state index is 0.00681. The molecule has 0 heterocycles. The maximum absolute atomic E-state index is 12.7. The van der Waals surface area contributed by atoms with Gasteiger partial charge < -0.3 is 9.84 Å². The van der Waals surface area contributed by atoms with E-state index in [1.165, 1.54) is 17.0 Å². The van der Waals surface area contributed by atoms with Gasteiger partial charge in [-0.25, -0.2) is 0 Å². The molecule has 0 aliphatic heterocycles. The summed E-state index contributed by atoms with van der Waals surface area (Å²) >= 11 is 0. The van der Waals surface area contributed by atoms with E-state index in [4.69, 9.17) is 0 Å². The SMILES string of the molecule is OC(CN(Cc1cccc(OC(F)(F)F)c1)C1CCCC1)C(F)(F)F. The predicted octanol–water partition coefficient (Wildman–Crippen LogP) is 4.25. The first kappa shape index (κ1) is 19.8. The molecule has 1 fully saturated rings. The third-order valence-electron chi connectivity index (χ3n) is 4.14. The van der Waals surface area contributed by atoms with Crippen LogP contribution >= 0.6 is 0 Å². The zero-order valence-corrected chi connectivity index (χ0v) is 13.3. The number of alkyl halides is 6. The van der Waals surface area contributed by atoms with Crippen LogP contribution in [-0.4, -0.2) is 41.2 Å². The van der Waals surface area contributed by atoms with E-state index < -0.39 is 30.9 Å². The fourth-order valence-electron chi connectivity index (χ4n) is 3.01. The van der Waals surface area contributed by atoms with Crippen molar-refractivity contribution < 1.29 is 36.2 Å². The molecular formula is C16H19F6NO2. The molecule has 1 aromatic rings. The van der Waals surface area contributed by atoms with Gasteiger partial charge in [0.2, 0.25) is 0 Å². The van der Waals surface area contributed by atoms with Gasteiger partial charge in [0.25, 0.3) is 0 Å². The van der Waals surface area contributed by atoms with Crippen molar-refractivity contribution >= 4 is 0 Å². The van der Waals surface area contributed by atoms with E-state index in [1.807, 2.05) is 0 Å². The van der Waals surface area contributed by atoms with Crippen molar-refractivity contribution in [1.29, 1.82) is 0 Å². The number of hydrogen-bond acceptors (Lipinski definition) is 3. The Bertz CT molecular complexity index is 554. The van der Waals surface area contributed by atoms with Gasteiger partial charge >= 0.3 is 12.5 Å². The largest absolute Gasteiger partial charge is 0.573 e. The van der Waals surface area contributed by atoms with Gasteiger partial charge in [-0.1, -0.05) is 25.0 Å². The van der Waals surface area contributed by atoms with E-state index in [0.29, 0.717) is 18.4 Å². The Morgan fingerprint density at radius 3 is 2.32 bits per heavy atom. The molecule has 2 rings (SSSR count). The summed E-state index contributed by atoms with van der Waals surface area (Å²) < 4.78 is 78.7. The van der Waals surface area contributed by atoms with Crippen molar-refractivity contribution in [2.75, 3.05) is 6.54 Å². The van der Waals surface area contributed by atoms with Crippen molar-refractivity contribution in [2.24, 2.45) is 0 Å². The van der Waals surface area contributed by atoms with Gasteiger partial charge in [-0.2, -0.15) is 13.2 Å². The third kappa shape index (κ3) is 6.39. The minimum atomic E-state index is -4.84. The molecule has 0 radical (unpaired) electrons. The van der Waals surface area contributed by atoms with E-state index >= 15 is 0 Å². The van der Waals surface area contributed by atoms with Gasteiger partial charge in [0.15, 0.2) is 6.10 Å². The second-order valence-corrected chi connectivity index (χ2v) is 6.12. The smallest absolute Gasteiger partial charge is 0.406 e. The van der Waals surface area contributed by atoms with Gasteiger partial charge in [-0.05, 0) is 30.5 Å². The summed E-state index contributed by atoms with van der Waals surface area (Å²) in [5.74, 6) is -0.423. The first-order valence-electron chi connectivity index (χ1n) is 7.88. The first-order valence-corrected chi connectivity index (χ1v) is 7.88. The van der Waals surface area contributed by atoms with Gasteiger partial charge in [-0.3, -0.25) is 4.90 Å². The van der Waals surface area contributed by atoms with Crippen LogP contribution in [0.3, 0.4) is 0 Å². The Balaban J connectivity index is 2.12. The molecule has 1 aliphatic rings. The fraction of sp³-hybridized carbons (Fsp3) is 0.625. The Kier molecular flexibility index (Phi) is 6.21. The highest BCUT2D eigenvalue weighted by atomic mass is 19.4. The van der Waals surface area contributed by atoms with Crippen LogP contribution in [0.5, 0.6) is 5.75 Å². The van der Waals surface area contributed by atoms with Crippen molar-refractivity contribution in [1.82, 2.24) is 4.90 Å². The normalized spacial score (nSPS) is 17.9. The summed E-state index contributed by atoms with van der Waals surface area (Å²) in [4.78, 5) is 1.48. The molecule has 9 heteroatoms. The van der Waals surface area contributed by atoms with Crippen LogP contribution in [-0.2, 0) is 6.54 Å². The van der Waals surface area contributed by atoms with Gasteiger partial charge in [0.05, 0.1) is 0 Å². The Morgan fingerprint density at radius 1 is 1.12 bits per heavy atom. The van der Waals surface area contributed by atoms with Crippen molar-refractivity contribution in [3.8, 4) is 5.75 Å². The molecule has 1 N–H and O–H groups in total. The fourth-order valence-corrected chi connectivity index (χ4v) is 3.01. The Hall–Kier alpha value is -1.48. The van der Waals surface area contributed by atoms with Crippen LogP contribution in [0, 0.1) is 0 Å². The molecule has 25 heavy (non-hydrogen) atoms. The van der Waals surface area contributed by atoms with E-state index in [0.717, 1.165) is 25.0 Å². The topological polar surface area (TPSA) is 32.7 Å². The molecule has 0 amide bonds. The number of benzene rings is 1. The summed E-state index contributed by atoms with van der Waals surface area (Å²) in [7, 11) is 0. The van der Waals surface area contributed by atoms with E-state index in [2.05, 4.69) is 4.74 Å². The summed E-state index contributed by atoms with van der Waals surface area (Å²) in [5, 5.41) is 9.36. The molecule has 1 unspecified atom stereocenters. The van der Waals surface area contributed by atoms with Crippen molar-refractivity contribution in [2.45, 2.75) is 56.9 Å². The average Bonchev–Trinajstić information content (AvgIpc) is 2.98. The van der Waals surface area contributed by atoms with Crippen LogP contribution in [0.25, 0.3) is 0 Å². The lowest BCUT2D eigenvalue weighted by molar-refractivity contribution is -0.274. The first-order chi connectivity index (χ1) is 11.5. The molecule has 1 aliphatic carbocycles. The van der Waals surface area contributed by atoms with E-state index in [9.17, 15) is 31.4 Å². The number of halogens is 6.